The first kappa shape index (κ1) is 14.1. The molecule has 1 aliphatic heterocycles. The molecule has 1 amide bonds. The van der Waals surface area contributed by atoms with Gasteiger partial charge >= 0.3 is 0 Å². The number of carbonyl (C=O) groups excluding carboxylic acids is 1. The number of aliphatic hydroxyl groups is 1. The van der Waals surface area contributed by atoms with E-state index in [4.69, 9.17) is 4.74 Å². The average Bonchev–Trinajstić information content (AvgIpc) is 3.18. The van der Waals surface area contributed by atoms with Gasteiger partial charge in [0.15, 0.2) is 0 Å². The first-order valence-corrected chi connectivity index (χ1v) is 7.44. The molecule has 0 aliphatic carbocycles. The molecule has 9 heteroatoms. The molecule has 0 bridgehead atoms. The van der Waals surface area contributed by atoms with Gasteiger partial charge in [-0.25, -0.2) is 0 Å². The highest BCUT2D eigenvalue weighted by atomic mass is 32.1. The molecule has 8 nitrogen and oxygen atoms in total. The van der Waals surface area contributed by atoms with E-state index in [9.17, 15) is 9.90 Å². The standard InChI is InChI=1S/C12H15N5O3S/c18-7-12(2-4-20-5-3-12)14-11(19)10-9(1-6-21-10)17-8-13-15-16-17/h1,6,8,18H,2-5,7H2,(H,14,19). The molecule has 0 aromatic carbocycles. The molecule has 1 saturated heterocycles. The number of hydrogen-bond acceptors (Lipinski definition) is 7. The summed E-state index contributed by atoms with van der Waals surface area (Å²) in [6.07, 6.45) is 2.64. The van der Waals surface area contributed by atoms with Gasteiger partial charge < -0.3 is 15.2 Å². The summed E-state index contributed by atoms with van der Waals surface area (Å²) in [5, 5.41) is 25.3. The van der Waals surface area contributed by atoms with Crippen molar-refractivity contribution in [2.45, 2.75) is 18.4 Å². The number of tetrazole rings is 1. The van der Waals surface area contributed by atoms with E-state index >= 15 is 0 Å². The number of nitrogens with one attached hydrogen (secondary N) is 1. The van der Waals surface area contributed by atoms with Gasteiger partial charge in [0.2, 0.25) is 0 Å². The molecule has 0 saturated carbocycles. The Balaban J connectivity index is 1.81. The van der Waals surface area contributed by atoms with Crippen molar-refractivity contribution >= 4 is 17.2 Å². The van der Waals surface area contributed by atoms with E-state index in [0.29, 0.717) is 36.6 Å². The number of rotatable bonds is 4. The molecule has 3 rings (SSSR count). The lowest BCUT2D eigenvalue weighted by Gasteiger charge is -2.36. The van der Waals surface area contributed by atoms with E-state index in [2.05, 4.69) is 20.8 Å². The van der Waals surface area contributed by atoms with Crippen LogP contribution in [0.3, 0.4) is 0 Å². The Bertz CT molecular complexity index is 606. The SMILES string of the molecule is O=C(NC1(CO)CCOCC1)c1sccc1-n1cnnn1. The van der Waals surface area contributed by atoms with Gasteiger partial charge in [0, 0.05) is 13.2 Å². The minimum absolute atomic E-state index is 0.103. The average molecular weight is 309 g/mol. The van der Waals surface area contributed by atoms with Crippen LogP contribution in [-0.4, -0.2) is 56.6 Å². The predicted molar refractivity (Wildman–Crippen MR) is 74.4 cm³/mol. The van der Waals surface area contributed by atoms with Crippen LogP contribution >= 0.6 is 11.3 Å². The maximum atomic E-state index is 12.5. The lowest BCUT2D eigenvalue weighted by atomic mass is 9.91. The normalized spacial score (nSPS) is 17.6. The second kappa shape index (κ2) is 5.88. The van der Waals surface area contributed by atoms with Gasteiger partial charge in [-0.1, -0.05) is 0 Å². The maximum absolute atomic E-state index is 12.5. The molecule has 2 aromatic heterocycles. The number of ether oxygens (including phenoxy) is 1. The number of carbonyl (C=O) groups is 1. The summed E-state index contributed by atoms with van der Waals surface area (Å²) in [6.45, 7) is 0.962. The minimum Gasteiger partial charge on any atom is -0.394 e. The van der Waals surface area contributed by atoms with Crippen LogP contribution in [0.2, 0.25) is 0 Å². The van der Waals surface area contributed by atoms with E-state index in [0.717, 1.165) is 0 Å². The largest absolute Gasteiger partial charge is 0.394 e. The van der Waals surface area contributed by atoms with Crippen LogP contribution in [0.4, 0.5) is 0 Å². The number of hydrogen-bond donors (Lipinski definition) is 2. The molecule has 0 atom stereocenters. The quantitative estimate of drug-likeness (QED) is 0.824. The van der Waals surface area contributed by atoms with E-state index in [1.165, 1.54) is 22.3 Å². The summed E-state index contributed by atoms with van der Waals surface area (Å²) in [6, 6.07) is 1.78. The summed E-state index contributed by atoms with van der Waals surface area (Å²) in [5.74, 6) is -0.230. The summed E-state index contributed by atoms with van der Waals surface area (Å²) in [7, 11) is 0. The second-order valence-electron chi connectivity index (χ2n) is 4.89. The Morgan fingerprint density at radius 3 is 3.00 bits per heavy atom. The van der Waals surface area contributed by atoms with Gasteiger partial charge in [-0.15, -0.1) is 16.4 Å². The van der Waals surface area contributed by atoms with Crippen LogP contribution in [0, 0.1) is 0 Å². The monoisotopic (exact) mass is 309 g/mol. The highest BCUT2D eigenvalue weighted by Gasteiger charge is 2.34. The fourth-order valence-electron chi connectivity index (χ4n) is 2.31. The summed E-state index contributed by atoms with van der Waals surface area (Å²) < 4.78 is 6.74. The molecule has 112 valence electrons. The Morgan fingerprint density at radius 2 is 2.33 bits per heavy atom. The van der Waals surface area contributed by atoms with E-state index in [-0.39, 0.29) is 12.5 Å². The molecular formula is C12H15N5O3S. The van der Waals surface area contributed by atoms with Gasteiger partial charge in [0.1, 0.15) is 11.2 Å². The zero-order chi connectivity index (χ0) is 14.7. The highest BCUT2D eigenvalue weighted by molar-refractivity contribution is 7.12. The molecule has 0 spiro atoms. The summed E-state index contributed by atoms with van der Waals surface area (Å²) in [4.78, 5) is 13.0. The Hall–Kier alpha value is -1.84. The predicted octanol–water partition coefficient (Wildman–Crippen LogP) is -0.00490. The zero-order valence-corrected chi connectivity index (χ0v) is 12.0. The highest BCUT2D eigenvalue weighted by Crippen LogP contribution is 2.24. The van der Waals surface area contributed by atoms with E-state index in [1.54, 1.807) is 6.07 Å². The number of aliphatic hydroxyl groups excluding tert-OH is 1. The zero-order valence-electron chi connectivity index (χ0n) is 11.2. The fourth-order valence-corrected chi connectivity index (χ4v) is 3.08. The summed E-state index contributed by atoms with van der Waals surface area (Å²) in [5.41, 5.74) is 0.0136. The smallest absolute Gasteiger partial charge is 0.264 e. The van der Waals surface area contributed by atoms with Crippen molar-refractivity contribution in [3.63, 3.8) is 0 Å². The van der Waals surface area contributed by atoms with Crippen molar-refractivity contribution in [1.29, 1.82) is 0 Å². The van der Waals surface area contributed by atoms with Crippen molar-refractivity contribution in [1.82, 2.24) is 25.5 Å². The van der Waals surface area contributed by atoms with Crippen LogP contribution in [-0.2, 0) is 4.74 Å². The topological polar surface area (TPSA) is 102 Å². The molecule has 0 unspecified atom stereocenters. The molecule has 3 heterocycles. The molecule has 2 aromatic rings. The minimum atomic E-state index is -0.614. The Morgan fingerprint density at radius 1 is 1.52 bits per heavy atom. The Labute approximate surface area is 124 Å². The van der Waals surface area contributed by atoms with Crippen LogP contribution in [0.1, 0.15) is 22.5 Å². The number of aromatic nitrogens is 4. The van der Waals surface area contributed by atoms with Crippen molar-refractivity contribution < 1.29 is 14.6 Å². The van der Waals surface area contributed by atoms with Gasteiger partial charge in [0.05, 0.1) is 17.8 Å². The maximum Gasteiger partial charge on any atom is 0.264 e. The lowest BCUT2D eigenvalue weighted by molar-refractivity contribution is 0.0126. The van der Waals surface area contributed by atoms with Crippen LogP contribution < -0.4 is 5.32 Å². The second-order valence-corrected chi connectivity index (χ2v) is 5.81. The lowest BCUT2D eigenvalue weighted by Crippen LogP contribution is -2.54. The fraction of sp³-hybridized carbons (Fsp3) is 0.500. The van der Waals surface area contributed by atoms with Gasteiger partial charge in [-0.3, -0.25) is 4.79 Å². The van der Waals surface area contributed by atoms with Crippen LogP contribution in [0.25, 0.3) is 5.69 Å². The number of nitrogens with zero attached hydrogens (tertiary/aromatic N) is 4. The third-order valence-electron chi connectivity index (χ3n) is 3.58. The van der Waals surface area contributed by atoms with Gasteiger partial charge in [-0.2, -0.15) is 4.68 Å². The number of thiophene rings is 1. The third-order valence-corrected chi connectivity index (χ3v) is 4.48. The van der Waals surface area contributed by atoms with Crippen LogP contribution in [0.5, 0.6) is 0 Å². The molecule has 1 aliphatic rings. The molecule has 1 fully saturated rings. The molecule has 0 radical (unpaired) electrons. The third kappa shape index (κ3) is 2.80. The van der Waals surface area contributed by atoms with E-state index in [1.807, 2.05) is 5.38 Å². The molecular weight excluding hydrogens is 294 g/mol. The summed E-state index contributed by atoms with van der Waals surface area (Å²) >= 11 is 1.31. The number of amides is 1. The van der Waals surface area contributed by atoms with Crippen LogP contribution in [0.15, 0.2) is 17.8 Å². The van der Waals surface area contributed by atoms with E-state index < -0.39 is 5.54 Å². The molecule has 21 heavy (non-hydrogen) atoms. The first-order chi connectivity index (χ1) is 10.2. The van der Waals surface area contributed by atoms with Crippen molar-refractivity contribution in [3.05, 3.63) is 22.7 Å². The van der Waals surface area contributed by atoms with Crippen molar-refractivity contribution in [2.24, 2.45) is 0 Å². The van der Waals surface area contributed by atoms with Gasteiger partial charge in [0.25, 0.3) is 5.91 Å². The Kier molecular flexibility index (Phi) is 3.95. The molecule has 2 N–H and O–H groups in total. The first-order valence-electron chi connectivity index (χ1n) is 6.56. The van der Waals surface area contributed by atoms with Crippen molar-refractivity contribution in [3.8, 4) is 5.69 Å². The van der Waals surface area contributed by atoms with Crippen molar-refractivity contribution in [2.75, 3.05) is 19.8 Å². The van der Waals surface area contributed by atoms with Gasteiger partial charge in [-0.05, 0) is 34.7 Å².